The van der Waals surface area contributed by atoms with E-state index in [1.807, 2.05) is 0 Å². The third kappa shape index (κ3) is 13.0. The molecule has 4 heteroatoms. The highest BCUT2D eigenvalue weighted by molar-refractivity contribution is 9.39. The van der Waals surface area contributed by atoms with Crippen molar-refractivity contribution in [1.82, 2.24) is 0 Å². The van der Waals surface area contributed by atoms with Crippen molar-refractivity contribution >= 4 is 47.8 Å². The van der Waals surface area contributed by atoms with Gasteiger partial charge in [-0.3, -0.25) is 0 Å². The van der Waals surface area contributed by atoms with Crippen LogP contribution < -0.4 is 0 Å². The molecule has 0 radical (unpaired) electrons. The quantitative estimate of drug-likeness (QED) is 0.381. The highest BCUT2D eigenvalue weighted by Crippen LogP contribution is 2.38. The molecule has 0 heterocycles. The first-order valence-electron chi connectivity index (χ1n) is 4.42. The van der Waals surface area contributed by atoms with Crippen molar-refractivity contribution in [3.8, 4) is 0 Å². The number of allylic oxidation sites excluding steroid dienone is 1. The summed E-state index contributed by atoms with van der Waals surface area (Å²) in [6, 6.07) is 0. The Morgan fingerprint density at radius 2 is 1.62 bits per heavy atom. The van der Waals surface area contributed by atoms with Gasteiger partial charge in [-0.05, 0) is 19.3 Å². The van der Waals surface area contributed by atoms with Crippen LogP contribution in [0, 0.1) is 0 Å². The Bertz CT molecular complexity index is 140. The number of halogens is 3. The lowest BCUT2D eigenvalue weighted by Gasteiger charge is -2.10. The maximum Gasteiger partial charge on any atom is 0.135 e. The summed E-state index contributed by atoms with van der Waals surface area (Å²) >= 11 is 10.4. The first-order chi connectivity index (χ1) is 6.06. The lowest BCUT2D eigenvalue weighted by Crippen LogP contribution is -1.97. The number of alkyl halides is 3. The summed E-state index contributed by atoms with van der Waals surface area (Å²) in [6.07, 6.45) is 9.81. The molecule has 0 aromatic carbocycles. The van der Waals surface area contributed by atoms with Gasteiger partial charge >= 0.3 is 0 Å². The van der Waals surface area contributed by atoms with Gasteiger partial charge in [0.2, 0.25) is 0 Å². The van der Waals surface area contributed by atoms with E-state index in [4.69, 9.17) is 5.11 Å². The minimum Gasteiger partial charge on any atom is -0.516 e. The predicted molar refractivity (Wildman–Crippen MR) is 69.0 cm³/mol. The normalized spacial score (nSPS) is 12.5. The van der Waals surface area contributed by atoms with Crippen LogP contribution >= 0.6 is 47.8 Å². The molecule has 0 amide bonds. The zero-order valence-electron chi connectivity index (χ0n) is 7.48. The molecule has 0 rings (SSSR count). The topological polar surface area (TPSA) is 20.2 Å². The Hall–Kier alpha value is 0.980. The van der Waals surface area contributed by atoms with Crippen LogP contribution in [-0.4, -0.2) is 7.25 Å². The van der Waals surface area contributed by atoms with E-state index >= 15 is 0 Å². The number of aliphatic hydroxyl groups excluding tert-OH is 1. The number of hydrogen-bond donors (Lipinski definition) is 1. The maximum atomic E-state index is 8.38. The fourth-order valence-electron chi connectivity index (χ4n) is 1.02. The highest BCUT2D eigenvalue weighted by Gasteiger charge is 2.15. The van der Waals surface area contributed by atoms with E-state index < -0.39 is 0 Å². The van der Waals surface area contributed by atoms with Crippen molar-refractivity contribution in [2.75, 3.05) is 0 Å². The zero-order valence-corrected chi connectivity index (χ0v) is 12.2. The Morgan fingerprint density at radius 1 is 1.00 bits per heavy atom. The second-order valence-corrected chi connectivity index (χ2v) is 10.2. The Morgan fingerprint density at radius 3 is 2.15 bits per heavy atom. The molecule has 0 aromatic heterocycles. The zero-order chi connectivity index (χ0) is 10.2. The molecule has 0 bridgehead atoms. The number of hydrogen-bond acceptors (Lipinski definition) is 1. The highest BCUT2D eigenvalue weighted by atomic mass is 80.0. The van der Waals surface area contributed by atoms with Crippen LogP contribution in [0.2, 0.25) is 0 Å². The third-order valence-electron chi connectivity index (χ3n) is 1.69. The van der Waals surface area contributed by atoms with Gasteiger partial charge in [0.1, 0.15) is 2.14 Å². The summed E-state index contributed by atoms with van der Waals surface area (Å²) in [4.78, 5) is 0. The Balaban J connectivity index is 3.09. The molecular formula is C9H15Br3O. The predicted octanol–water partition coefficient (Wildman–Crippen LogP) is 5.24. The lowest BCUT2D eigenvalue weighted by atomic mass is 10.1. The minimum atomic E-state index is -0.0714. The van der Waals surface area contributed by atoms with Gasteiger partial charge < -0.3 is 5.11 Å². The molecule has 0 aliphatic heterocycles. The van der Waals surface area contributed by atoms with Gasteiger partial charge in [0.25, 0.3) is 0 Å². The smallest absolute Gasteiger partial charge is 0.135 e. The monoisotopic (exact) mass is 376 g/mol. The molecule has 0 saturated heterocycles. The molecule has 13 heavy (non-hydrogen) atoms. The van der Waals surface area contributed by atoms with E-state index in [0.717, 1.165) is 25.5 Å². The van der Waals surface area contributed by atoms with Crippen molar-refractivity contribution in [2.45, 2.75) is 40.7 Å². The van der Waals surface area contributed by atoms with Crippen LogP contribution in [0.3, 0.4) is 0 Å². The molecule has 0 aliphatic carbocycles. The standard InChI is InChI=1S/C9H15Br3O/c10-9(11,12)7-5-3-1-2-4-6-8-13/h6,8,13H,1-5,7H2. The molecule has 0 spiro atoms. The minimum absolute atomic E-state index is 0.0714. The molecule has 1 N–H and O–H groups in total. The van der Waals surface area contributed by atoms with Gasteiger partial charge in [-0.15, -0.1) is 0 Å². The van der Waals surface area contributed by atoms with E-state index in [-0.39, 0.29) is 2.14 Å². The summed E-state index contributed by atoms with van der Waals surface area (Å²) in [5.74, 6) is 0. The fraction of sp³-hybridized carbons (Fsp3) is 0.778. The number of aliphatic hydroxyl groups is 1. The fourth-order valence-corrected chi connectivity index (χ4v) is 1.86. The second kappa shape index (κ2) is 8.30. The molecule has 1 nitrogen and oxygen atoms in total. The summed E-state index contributed by atoms with van der Waals surface area (Å²) < 4.78 is -0.0714. The summed E-state index contributed by atoms with van der Waals surface area (Å²) in [6.45, 7) is 0. The summed E-state index contributed by atoms with van der Waals surface area (Å²) in [5.41, 5.74) is 0. The van der Waals surface area contributed by atoms with Crippen LogP contribution in [0.25, 0.3) is 0 Å². The molecule has 0 aliphatic rings. The lowest BCUT2D eigenvalue weighted by molar-refractivity contribution is 0.469. The van der Waals surface area contributed by atoms with Crippen molar-refractivity contribution in [2.24, 2.45) is 0 Å². The SMILES string of the molecule is OC=CCCCCCCC(Br)(Br)Br. The van der Waals surface area contributed by atoms with Crippen LogP contribution in [0.5, 0.6) is 0 Å². The molecule has 0 fully saturated rings. The van der Waals surface area contributed by atoms with Gasteiger partial charge in [-0.1, -0.05) is 73.1 Å². The second-order valence-electron chi connectivity index (χ2n) is 2.95. The van der Waals surface area contributed by atoms with Gasteiger partial charge in [-0.25, -0.2) is 0 Å². The summed E-state index contributed by atoms with van der Waals surface area (Å²) in [7, 11) is 0. The first kappa shape index (κ1) is 14.0. The number of unbranched alkanes of at least 4 members (excludes halogenated alkanes) is 4. The van der Waals surface area contributed by atoms with Crippen LogP contribution in [0.1, 0.15) is 38.5 Å². The van der Waals surface area contributed by atoms with E-state index in [2.05, 4.69) is 47.8 Å². The van der Waals surface area contributed by atoms with Crippen molar-refractivity contribution in [1.29, 1.82) is 0 Å². The third-order valence-corrected chi connectivity index (χ3v) is 2.88. The molecule has 78 valence electrons. The van der Waals surface area contributed by atoms with Crippen LogP contribution in [0.4, 0.5) is 0 Å². The Labute approximate surface area is 105 Å². The number of rotatable bonds is 6. The first-order valence-corrected chi connectivity index (χ1v) is 6.80. The van der Waals surface area contributed by atoms with Crippen LogP contribution in [0.15, 0.2) is 12.3 Å². The van der Waals surface area contributed by atoms with Gasteiger partial charge in [0, 0.05) is 0 Å². The largest absolute Gasteiger partial charge is 0.516 e. The van der Waals surface area contributed by atoms with E-state index in [0.29, 0.717) is 0 Å². The molecule has 0 unspecified atom stereocenters. The van der Waals surface area contributed by atoms with E-state index in [1.165, 1.54) is 19.3 Å². The molecular weight excluding hydrogens is 364 g/mol. The van der Waals surface area contributed by atoms with Crippen molar-refractivity contribution in [3.63, 3.8) is 0 Å². The average molecular weight is 379 g/mol. The van der Waals surface area contributed by atoms with E-state index in [1.54, 1.807) is 6.08 Å². The van der Waals surface area contributed by atoms with Crippen LogP contribution in [-0.2, 0) is 0 Å². The van der Waals surface area contributed by atoms with Crippen molar-refractivity contribution < 1.29 is 5.11 Å². The average Bonchev–Trinajstić information content (AvgIpc) is 2.01. The van der Waals surface area contributed by atoms with Crippen molar-refractivity contribution in [3.05, 3.63) is 12.3 Å². The van der Waals surface area contributed by atoms with Gasteiger partial charge in [-0.2, -0.15) is 0 Å². The molecule has 0 aromatic rings. The molecule has 0 saturated carbocycles. The van der Waals surface area contributed by atoms with Gasteiger partial charge in [0.05, 0.1) is 6.26 Å². The molecule has 0 atom stereocenters. The van der Waals surface area contributed by atoms with E-state index in [9.17, 15) is 0 Å². The van der Waals surface area contributed by atoms with Gasteiger partial charge in [0.15, 0.2) is 0 Å². The Kier molecular flexibility index (Phi) is 8.93. The summed E-state index contributed by atoms with van der Waals surface area (Å²) in [5, 5.41) is 8.38. The maximum absolute atomic E-state index is 8.38.